The van der Waals surface area contributed by atoms with E-state index in [4.69, 9.17) is 5.26 Å². The van der Waals surface area contributed by atoms with Crippen molar-refractivity contribution in [2.75, 3.05) is 0 Å². The largest absolute Gasteiger partial charge is 0.198 e. The molecule has 1 aliphatic rings. The van der Waals surface area contributed by atoms with Gasteiger partial charge < -0.3 is 0 Å². The number of rotatable bonds is 0. The second kappa shape index (κ2) is 2.35. The molecule has 2 rings (SSSR count). The van der Waals surface area contributed by atoms with Crippen LogP contribution in [0.4, 0.5) is 0 Å². The molecule has 0 aromatic carbocycles. The van der Waals surface area contributed by atoms with Crippen molar-refractivity contribution in [1.29, 1.82) is 5.26 Å². The van der Waals surface area contributed by atoms with Crippen molar-refractivity contribution in [2.45, 2.75) is 25.2 Å². The minimum atomic E-state index is -0.0301. The quantitative estimate of drug-likeness (QED) is 0.590. The Morgan fingerprint density at radius 2 is 2.45 bits per heavy atom. The number of H-pyrrole nitrogens is 1. The van der Waals surface area contributed by atoms with Crippen LogP contribution in [0.3, 0.4) is 0 Å². The third kappa shape index (κ3) is 0.891. The van der Waals surface area contributed by atoms with Crippen molar-refractivity contribution in [1.82, 2.24) is 15.4 Å². The Bertz CT molecular complexity index is 296. The van der Waals surface area contributed by atoms with Gasteiger partial charge in [-0.1, -0.05) is 0 Å². The zero-order valence-corrected chi connectivity index (χ0v) is 6.04. The van der Waals surface area contributed by atoms with Gasteiger partial charge in [-0.3, -0.25) is 0 Å². The van der Waals surface area contributed by atoms with Crippen LogP contribution in [0, 0.1) is 11.3 Å². The molecule has 4 heteroatoms. The van der Waals surface area contributed by atoms with Crippen LogP contribution in [0.5, 0.6) is 0 Å². The number of hydrogen-bond acceptors (Lipinski definition) is 3. The predicted molar refractivity (Wildman–Crippen MR) is 37.7 cm³/mol. The van der Waals surface area contributed by atoms with Gasteiger partial charge in [0.1, 0.15) is 5.69 Å². The van der Waals surface area contributed by atoms with Gasteiger partial charge in [-0.05, 0) is 19.3 Å². The number of aromatic amines is 1. The van der Waals surface area contributed by atoms with Gasteiger partial charge >= 0.3 is 0 Å². The number of aromatic nitrogens is 3. The van der Waals surface area contributed by atoms with E-state index in [0.717, 1.165) is 30.7 Å². The molecule has 0 saturated carbocycles. The molecule has 1 unspecified atom stereocenters. The minimum absolute atomic E-state index is 0.0301. The van der Waals surface area contributed by atoms with E-state index >= 15 is 0 Å². The summed E-state index contributed by atoms with van der Waals surface area (Å²) in [7, 11) is 0. The van der Waals surface area contributed by atoms with Crippen molar-refractivity contribution in [2.24, 2.45) is 0 Å². The summed E-state index contributed by atoms with van der Waals surface area (Å²) < 4.78 is 0. The van der Waals surface area contributed by atoms with Crippen LogP contribution in [-0.2, 0) is 6.42 Å². The lowest BCUT2D eigenvalue weighted by molar-refractivity contribution is 0.619. The lowest BCUT2D eigenvalue weighted by atomic mass is 9.91. The van der Waals surface area contributed by atoms with Crippen LogP contribution in [0.2, 0.25) is 0 Å². The Balaban J connectivity index is 2.41. The molecule has 1 N–H and O–H groups in total. The maximum atomic E-state index is 8.72. The van der Waals surface area contributed by atoms with Gasteiger partial charge in [0.05, 0.1) is 17.7 Å². The van der Waals surface area contributed by atoms with E-state index in [1.807, 2.05) is 0 Å². The Labute approximate surface area is 64.2 Å². The molecule has 0 amide bonds. The topological polar surface area (TPSA) is 65.4 Å². The highest BCUT2D eigenvalue weighted by Crippen LogP contribution is 2.27. The highest BCUT2D eigenvalue weighted by atomic mass is 15.3. The number of nitrogens with zero attached hydrogens (tertiary/aromatic N) is 3. The van der Waals surface area contributed by atoms with Crippen LogP contribution < -0.4 is 0 Å². The molecule has 0 aliphatic heterocycles. The summed E-state index contributed by atoms with van der Waals surface area (Å²) in [4.78, 5) is 0. The van der Waals surface area contributed by atoms with Crippen molar-refractivity contribution >= 4 is 0 Å². The Morgan fingerprint density at radius 1 is 1.55 bits per heavy atom. The smallest absolute Gasteiger partial charge is 0.103 e. The zero-order chi connectivity index (χ0) is 7.68. The summed E-state index contributed by atoms with van der Waals surface area (Å²) in [5, 5.41) is 19.2. The number of nitriles is 1. The molecule has 4 nitrogen and oxygen atoms in total. The first-order valence-electron chi connectivity index (χ1n) is 3.71. The molecular formula is C7H8N4. The fourth-order valence-corrected chi connectivity index (χ4v) is 1.46. The average molecular weight is 148 g/mol. The summed E-state index contributed by atoms with van der Waals surface area (Å²) in [5.74, 6) is -0.0301. The Hall–Kier alpha value is -1.37. The third-order valence-electron chi connectivity index (χ3n) is 2.04. The van der Waals surface area contributed by atoms with Crippen LogP contribution in [0.25, 0.3) is 0 Å². The van der Waals surface area contributed by atoms with Crippen molar-refractivity contribution < 1.29 is 0 Å². The first-order chi connectivity index (χ1) is 5.42. The van der Waals surface area contributed by atoms with Gasteiger partial charge in [0.2, 0.25) is 0 Å². The molecule has 56 valence electrons. The standard InChI is InChI=1S/C7H8N4/c8-4-5-2-1-3-6-7(5)10-11-9-6/h5H,1-3H2,(H,9,10,11). The van der Waals surface area contributed by atoms with Gasteiger partial charge in [-0.2, -0.15) is 20.7 Å². The van der Waals surface area contributed by atoms with E-state index < -0.39 is 0 Å². The summed E-state index contributed by atoms with van der Waals surface area (Å²) >= 11 is 0. The monoisotopic (exact) mass is 148 g/mol. The zero-order valence-electron chi connectivity index (χ0n) is 6.04. The van der Waals surface area contributed by atoms with Gasteiger partial charge in [0.25, 0.3) is 0 Å². The fourth-order valence-electron chi connectivity index (χ4n) is 1.46. The Morgan fingerprint density at radius 3 is 3.27 bits per heavy atom. The Kier molecular flexibility index (Phi) is 1.35. The number of nitrogens with one attached hydrogen (secondary N) is 1. The van der Waals surface area contributed by atoms with Crippen LogP contribution in [0.15, 0.2) is 0 Å². The normalized spacial score (nSPS) is 22.3. The first-order valence-corrected chi connectivity index (χ1v) is 3.71. The van der Waals surface area contributed by atoms with E-state index in [-0.39, 0.29) is 5.92 Å². The van der Waals surface area contributed by atoms with Crippen LogP contribution >= 0.6 is 0 Å². The molecular weight excluding hydrogens is 140 g/mol. The number of fused-ring (bicyclic) bond motifs is 1. The number of aryl methyl sites for hydroxylation is 1. The summed E-state index contributed by atoms with van der Waals surface area (Å²) in [6, 6.07) is 2.22. The fraction of sp³-hybridized carbons (Fsp3) is 0.571. The van der Waals surface area contributed by atoms with E-state index in [9.17, 15) is 0 Å². The van der Waals surface area contributed by atoms with Crippen molar-refractivity contribution in [3.63, 3.8) is 0 Å². The summed E-state index contributed by atoms with van der Waals surface area (Å²) in [6.07, 6.45) is 2.94. The predicted octanol–water partition coefficient (Wildman–Crippen LogP) is 0.748. The van der Waals surface area contributed by atoms with Crippen molar-refractivity contribution in [3.05, 3.63) is 11.4 Å². The van der Waals surface area contributed by atoms with E-state index in [1.54, 1.807) is 0 Å². The lowest BCUT2D eigenvalue weighted by Gasteiger charge is -2.11. The van der Waals surface area contributed by atoms with E-state index in [2.05, 4.69) is 21.5 Å². The summed E-state index contributed by atoms with van der Waals surface area (Å²) in [6.45, 7) is 0. The lowest BCUT2D eigenvalue weighted by Crippen LogP contribution is -2.07. The van der Waals surface area contributed by atoms with Gasteiger partial charge in [0.15, 0.2) is 0 Å². The molecule has 0 fully saturated rings. The first kappa shape index (κ1) is 6.35. The van der Waals surface area contributed by atoms with Crippen LogP contribution in [0.1, 0.15) is 30.1 Å². The molecule has 11 heavy (non-hydrogen) atoms. The molecule has 1 heterocycles. The van der Waals surface area contributed by atoms with Gasteiger partial charge in [-0.25, -0.2) is 0 Å². The minimum Gasteiger partial charge on any atom is -0.198 e. The average Bonchev–Trinajstić information content (AvgIpc) is 2.50. The maximum absolute atomic E-state index is 8.72. The molecule has 1 atom stereocenters. The van der Waals surface area contributed by atoms with Crippen molar-refractivity contribution in [3.8, 4) is 6.07 Å². The maximum Gasteiger partial charge on any atom is 0.103 e. The molecule has 0 spiro atoms. The molecule has 0 radical (unpaired) electrons. The van der Waals surface area contributed by atoms with Gasteiger partial charge in [-0.15, -0.1) is 0 Å². The summed E-state index contributed by atoms with van der Waals surface area (Å²) in [5.41, 5.74) is 1.83. The third-order valence-corrected chi connectivity index (χ3v) is 2.04. The second-order valence-electron chi connectivity index (χ2n) is 2.73. The molecule has 1 aromatic heterocycles. The SMILES string of the molecule is N#CC1CCCc2n[nH]nc21. The molecule has 1 aromatic rings. The van der Waals surface area contributed by atoms with Gasteiger partial charge in [0, 0.05) is 0 Å². The highest BCUT2D eigenvalue weighted by molar-refractivity contribution is 5.23. The molecule has 1 aliphatic carbocycles. The van der Waals surface area contributed by atoms with E-state index in [0.29, 0.717) is 0 Å². The second-order valence-corrected chi connectivity index (χ2v) is 2.73. The molecule has 0 saturated heterocycles. The highest BCUT2D eigenvalue weighted by Gasteiger charge is 2.23. The van der Waals surface area contributed by atoms with Crippen LogP contribution in [-0.4, -0.2) is 15.4 Å². The van der Waals surface area contributed by atoms with E-state index in [1.165, 1.54) is 0 Å². The number of hydrogen-bond donors (Lipinski definition) is 1. The molecule has 0 bridgehead atoms.